The van der Waals surface area contributed by atoms with Crippen molar-refractivity contribution in [3.05, 3.63) is 0 Å². The average Bonchev–Trinajstić information content (AvgIpc) is 2.01. The SMILES string of the molecule is CSCC(NC(=O)C(F)(F)F)C(=O)[O-]. The van der Waals surface area contributed by atoms with E-state index in [0.29, 0.717) is 0 Å². The van der Waals surface area contributed by atoms with Crippen LogP contribution in [0.25, 0.3) is 0 Å². The molecule has 1 amide bonds. The van der Waals surface area contributed by atoms with Crippen LogP contribution in [-0.4, -0.2) is 36.1 Å². The fourth-order valence-electron chi connectivity index (χ4n) is 0.575. The lowest BCUT2D eigenvalue weighted by atomic mass is 10.3. The number of rotatable bonds is 4. The third-order valence-electron chi connectivity index (χ3n) is 1.18. The molecule has 0 aliphatic rings. The molecule has 4 nitrogen and oxygen atoms in total. The predicted molar refractivity (Wildman–Crippen MR) is 41.4 cm³/mol. The Morgan fingerprint density at radius 2 is 2.00 bits per heavy atom. The molecule has 0 radical (unpaired) electrons. The van der Waals surface area contributed by atoms with Crippen molar-refractivity contribution >= 4 is 23.6 Å². The summed E-state index contributed by atoms with van der Waals surface area (Å²) in [6.07, 6.45) is -3.58. The molecule has 0 saturated heterocycles. The first-order chi connectivity index (χ1) is 6.29. The number of carboxylic acids is 1. The van der Waals surface area contributed by atoms with Gasteiger partial charge in [-0.3, -0.25) is 4.79 Å². The first-order valence-electron chi connectivity index (χ1n) is 3.36. The number of carbonyl (C=O) groups excluding carboxylic acids is 2. The number of halogens is 3. The molecule has 82 valence electrons. The molecule has 0 aliphatic heterocycles. The van der Waals surface area contributed by atoms with Crippen molar-refractivity contribution in [1.29, 1.82) is 0 Å². The number of hydrogen-bond donors (Lipinski definition) is 1. The number of carbonyl (C=O) groups is 2. The van der Waals surface area contributed by atoms with E-state index in [-0.39, 0.29) is 5.75 Å². The Kier molecular flexibility index (Phi) is 4.75. The van der Waals surface area contributed by atoms with E-state index in [2.05, 4.69) is 0 Å². The van der Waals surface area contributed by atoms with Crippen molar-refractivity contribution in [3.8, 4) is 0 Å². The summed E-state index contributed by atoms with van der Waals surface area (Å²) < 4.78 is 35.0. The van der Waals surface area contributed by atoms with Crippen LogP contribution < -0.4 is 10.4 Å². The second-order valence-corrected chi connectivity index (χ2v) is 3.21. The van der Waals surface area contributed by atoms with Crippen LogP contribution in [0, 0.1) is 0 Å². The molecule has 0 aromatic carbocycles. The fourth-order valence-corrected chi connectivity index (χ4v) is 1.13. The molecule has 0 bridgehead atoms. The molecular formula is C6H7F3NO3S-. The summed E-state index contributed by atoms with van der Waals surface area (Å²) in [5.41, 5.74) is 0. The summed E-state index contributed by atoms with van der Waals surface area (Å²) in [5.74, 6) is -4.19. The molecule has 0 spiro atoms. The summed E-state index contributed by atoms with van der Waals surface area (Å²) in [6.45, 7) is 0. The van der Waals surface area contributed by atoms with Gasteiger partial charge in [-0.25, -0.2) is 0 Å². The number of amides is 1. The van der Waals surface area contributed by atoms with Crippen LogP contribution in [0.5, 0.6) is 0 Å². The van der Waals surface area contributed by atoms with Gasteiger partial charge in [-0.2, -0.15) is 24.9 Å². The van der Waals surface area contributed by atoms with Gasteiger partial charge in [-0.05, 0) is 6.26 Å². The van der Waals surface area contributed by atoms with Crippen LogP contribution in [0.3, 0.4) is 0 Å². The molecule has 0 heterocycles. The second kappa shape index (κ2) is 5.08. The molecule has 1 unspecified atom stereocenters. The summed E-state index contributed by atoms with van der Waals surface area (Å²) in [7, 11) is 0. The molecule has 0 saturated carbocycles. The van der Waals surface area contributed by atoms with Gasteiger partial charge >= 0.3 is 12.1 Å². The Labute approximate surface area is 81.9 Å². The Hall–Kier alpha value is -0.920. The smallest absolute Gasteiger partial charge is 0.471 e. The molecule has 0 fully saturated rings. The van der Waals surface area contributed by atoms with E-state index in [9.17, 15) is 27.9 Å². The number of aliphatic carboxylic acids is 1. The van der Waals surface area contributed by atoms with Crippen LogP contribution in [-0.2, 0) is 9.59 Å². The maximum Gasteiger partial charge on any atom is 0.471 e. The van der Waals surface area contributed by atoms with Crippen molar-refractivity contribution in [3.63, 3.8) is 0 Å². The lowest BCUT2D eigenvalue weighted by Gasteiger charge is -2.19. The zero-order valence-corrected chi connectivity index (χ0v) is 7.87. The van der Waals surface area contributed by atoms with Crippen LogP contribution >= 0.6 is 11.8 Å². The monoisotopic (exact) mass is 230 g/mol. The van der Waals surface area contributed by atoms with Crippen LogP contribution in [0.2, 0.25) is 0 Å². The number of carboxylic acid groups (broad SMARTS) is 1. The largest absolute Gasteiger partial charge is 0.548 e. The highest BCUT2D eigenvalue weighted by Crippen LogP contribution is 2.14. The van der Waals surface area contributed by atoms with E-state index in [1.807, 2.05) is 0 Å². The van der Waals surface area contributed by atoms with E-state index in [0.717, 1.165) is 11.8 Å². The van der Waals surface area contributed by atoms with Gasteiger partial charge in [-0.1, -0.05) is 0 Å². The number of thioether (sulfide) groups is 1. The highest BCUT2D eigenvalue weighted by atomic mass is 32.2. The van der Waals surface area contributed by atoms with Crippen LogP contribution in [0.1, 0.15) is 0 Å². The lowest BCUT2D eigenvalue weighted by Crippen LogP contribution is -2.52. The summed E-state index contributed by atoms with van der Waals surface area (Å²) in [5, 5.41) is 11.6. The Morgan fingerprint density at radius 1 is 1.50 bits per heavy atom. The molecule has 1 N–H and O–H groups in total. The van der Waals surface area contributed by atoms with Gasteiger partial charge in [0.15, 0.2) is 0 Å². The van der Waals surface area contributed by atoms with Crippen molar-refractivity contribution < 1.29 is 27.9 Å². The van der Waals surface area contributed by atoms with Gasteiger partial charge in [0, 0.05) is 5.75 Å². The van der Waals surface area contributed by atoms with Gasteiger partial charge in [0.05, 0.1) is 12.0 Å². The second-order valence-electron chi connectivity index (χ2n) is 2.30. The average molecular weight is 230 g/mol. The van der Waals surface area contributed by atoms with Gasteiger partial charge in [-0.15, -0.1) is 0 Å². The quantitative estimate of drug-likeness (QED) is 0.682. The zero-order valence-electron chi connectivity index (χ0n) is 7.05. The Balaban J connectivity index is 4.31. The van der Waals surface area contributed by atoms with Crippen molar-refractivity contribution in [1.82, 2.24) is 5.32 Å². The predicted octanol–water partition coefficient (Wildman–Crippen LogP) is -0.854. The van der Waals surface area contributed by atoms with Gasteiger partial charge in [0.1, 0.15) is 0 Å². The first-order valence-corrected chi connectivity index (χ1v) is 4.76. The molecular weight excluding hydrogens is 223 g/mol. The molecule has 0 rings (SSSR count). The van der Waals surface area contributed by atoms with E-state index in [4.69, 9.17) is 0 Å². The minimum absolute atomic E-state index is 0.176. The van der Waals surface area contributed by atoms with Gasteiger partial charge in [0.2, 0.25) is 0 Å². The summed E-state index contributed by atoms with van der Waals surface area (Å²) in [4.78, 5) is 20.6. The summed E-state index contributed by atoms with van der Waals surface area (Å²) in [6, 6.07) is -1.63. The third-order valence-corrected chi connectivity index (χ3v) is 1.85. The van der Waals surface area contributed by atoms with Crippen molar-refractivity contribution in [2.24, 2.45) is 0 Å². The maximum atomic E-state index is 11.7. The highest BCUT2D eigenvalue weighted by Gasteiger charge is 2.39. The molecule has 1 atom stereocenters. The van der Waals surface area contributed by atoms with Crippen LogP contribution in [0.15, 0.2) is 0 Å². The number of nitrogens with one attached hydrogen (secondary N) is 1. The van der Waals surface area contributed by atoms with E-state index in [1.165, 1.54) is 11.6 Å². The molecule has 0 aromatic rings. The zero-order chi connectivity index (χ0) is 11.4. The van der Waals surface area contributed by atoms with E-state index in [1.54, 1.807) is 0 Å². The Morgan fingerprint density at radius 3 is 2.29 bits per heavy atom. The van der Waals surface area contributed by atoms with E-state index >= 15 is 0 Å². The molecule has 8 heteroatoms. The number of hydrogen-bond acceptors (Lipinski definition) is 4. The molecule has 0 aliphatic carbocycles. The Bertz CT molecular complexity index is 231. The van der Waals surface area contributed by atoms with Crippen LogP contribution in [0.4, 0.5) is 13.2 Å². The fraction of sp³-hybridized carbons (Fsp3) is 0.667. The lowest BCUT2D eigenvalue weighted by molar-refractivity contribution is -0.307. The topological polar surface area (TPSA) is 69.2 Å². The minimum atomic E-state index is -5.08. The van der Waals surface area contributed by atoms with Gasteiger partial charge in [0.25, 0.3) is 0 Å². The van der Waals surface area contributed by atoms with Crippen molar-refractivity contribution in [2.75, 3.05) is 12.0 Å². The maximum absolute atomic E-state index is 11.7. The van der Waals surface area contributed by atoms with Crippen molar-refractivity contribution in [2.45, 2.75) is 12.2 Å². The standard InChI is InChI=1S/C6H8F3NO3S/c1-14-2-3(4(11)12)10-5(13)6(7,8)9/h3H,2H2,1H3,(H,10,13)(H,11,12)/p-1. The van der Waals surface area contributed by atoms with E-state index < -0.39 is 24.1 Å². The summed E-state index contributed by atoms with van der Waals surface area (Å²) >= 11 is 0.988. The third kappa shape index (κ3) is 4.35. The minimum Gasteiger partial charge on any atom is -0.548 e. The van der Waals surface area contributed by atoms with Gasteiger partial charge < -0.3 is 15.2 Å². The first kappa shape index (κ1) is 13.1. The molecule has 14 heavy (non-hydrogen) atoms. The highest BCUT2D eigenvalue weighted by molar-refractivity contribution is 7.98. The number of alkyl halides is 3. The normalized spacial score (nSPS) is 13.4. The molecule has 0 aromatic heterocycles.